The molecule has 96 valence electrons. The number of benzene rings is 1. The molecular weight excluding hydrogens is 246 g/mol. The molecule has 4 rings (SSSR count). The van der Waals surface area contributed by atoms with Crippen LogP contribution < -0.4 is 0 Å². The molecule has 0 atom stereocenters. The monoisotopic (exact) mass is 259 g/mol. The molecule has 0 amide bonds. The fourth-order valence-corrected chi connectivity index (χ4v) is 2.63. The molecule has 0 saturated heterocycles. The Kier molecular flexibility index (Phi) is 2.33. The van der Waals surface area contributed by atoms with Crippen LogP contribution in [0.2, 0.25) is 0 Å². The van der Waals surface area contributed by atoms with Crippen LogP contribution >= 0.6 is 0 Å². The molecule has 0 aliphatic rings. The summed E-state index contributed by atoms with van der Waals surface area (Å²) in [6, 6.07) is 12.5. The molecule has 3 nitrogen and oxygen atoms in total. The molecule has 3 heterocycles. The highest BCUT2D eigenvalue weighted by molar-refractivity contribution is 5.86. The lowest BCUT2D eigenvalue weighted by molar-refractivity contribution is 1.16. The first-order chi connectivity index (χ1) is 9.83. The van der Waals surface area contributed by atoms with Crippen molar-refractivity contribution in [3.63, 3.8) is 0 Å². The number of rotatable bonds is 1. The Labute approximate surface area is 116 Å². The SMILES string of the molecule is Cc1c(-c2cc3ccccc3cn2)ccn2ccnc12. The van der Waals surface area contributed by atoms with Gasteiger partial charge in [0.05, 0.1) is 5.69 Å². The Morgan fingerprint density at radius 2 is 1.80 bits per heavy atom. The van der Waals surface area contributed by atoms with Crippen molar-refractivity contribution >= 4 is 16.4 Å². The highest BCUT2D eigenvalue weighted by atomic mass is 15.0. The van der Waals surface area contributed by atoms with Crippen LogP contribution in [0.15, 0.2) is 61.2 Å². The Balaban J connectivity index is 1.98. The van der Waals surface area contributed by atoms with Gasteiger partial charge in [-0.1, -0.05) is 24.3 Å². The lowest BCUT2D eigenvalue weighted by Gasteiger charge is -2.08. The van der Waals surface area contributed by atoms with Gasteiger partial charge < -0.3 is 4.40 Å². The van der Waals surface area contributed by atoms with Gasteiger partial charge in [-0.15, -0.1) is 0 Å². The third-order valence-corrected chi connectivity index (χ3v) is 3.72. The first kappa shape index (κ1) is 11.2. The molecule has 0 spiro atoms. The number of hydrogen-bond acceptors (Lipinski definition) is 2. The summed E-state index contributed by atoms with van der Waals surface area (Å²) >= 11 is 0. The predicted octanol–water partition coefficient (Wildman–Crippen LogP) is 3.86. The molecule has 0 saturated carbocycles. The van der Waals surface area contributed by atoms with Gasteiger partial charge in [0.15, 0.2) is 0 Å². The van der Waals surface area contributed by atoms with Gasteiger partial charge in [0, 0.05) is 41.3 Å². The van der Waals surface area contributed by atoms with E-state index in [4.69, 9.17) is 0 Å². The number of nitrogens with zero attached hydrogens (tertiary/aromatic N) is 3. The smallest absolute Gasteiger partial charge is 0.140 e. The van der Waals surface area contributed by atoms with Crippen LogP contribution in [0.25, 0.3) is 27.7 Å². The summed E-state index contributed by atoms with van der Waals surface area (Å²) in [5.74, 6) is 0. The van der Waals surface area contributed by atoms with Gasteiger partial charge in [-0.25, -0.2) is 4.98 Å². The summed E-state index contributed by atoms with van der Waals surface area (Å²) < 4.78 is 2.03. The van der Waals surface area contributed by atoms with Crippen LogP contribution in [0, 0.1) is 6.92 Å². The molecular formula is C17H13N3. The van der Waals surface area contributed by atoms with E-state index < -0.39 is 0 Å². The highest BCUT2D eigenvalue weighted by Gasteiger charge is 2.08. The normalized spacial score (nSPS) is 11.2. The zero-order chi connectivity index (χ0) is 13.5. The van der Waals surface area contributed by atoms with Gasteiger partial charge in [-0.05, 0) is 24.4 Å². The van der Waals surface area contributed by atoms with Gasteiger partial charge in [0.25, 0.3) is 0 Å². The first-order valence-electron chi connectivity index (χ1n) is 6.60. The molecule has 0 aliphatic heterocycles. The van der Waals surface area contributed by atoms with Crippen molar-refractivity contribution in [2.45, 2.75) is 6.92 Å². The molecule has 3 heteroatoms. The van der Waals surface area contributed by atoms with E-state index in [0.29, 0.717) is 0 Å². The summed E-state index contributed by atoms with van der Waals surface area (Å²) in [5.41, 5.74) is 4.26. The fourth-order valence-electron chi connectivity index (χ4n) is 2.63. The second-order valence-electron chi connectivity index (χ2n) is 4.93. The van der Waals surface area contributed by atoms with Gasteiger partial charge in [-0.3, -0.25) is 4.98 Å². The van der Waals surface area contributed by atoms with E-state index >= 15 is 0 Å². The Bertz CT molecular complexity index is 922. The number of hydrogen-bond donors (Lipinski definition) is 0. The van der Waals surface area contributed by atoms with Gasteiger partial charge in [-0.2, -0.15) is 0 Å². The highest BCUT2D eigenvalue weighted by Crippen LogP contribution is 2.26. The maximum atomic E-state index is 4.59. The van der Waals surface area contributed by atoms with Crippen molar-refractivity contribution in [2.75, 3.05) is 0 Å². The molecule has 1 aromatic carbocycles. The van der Waals surface area contributed by atoms with Crippen LogP contribution in [-0.4, -0.2) is 14.4 Å². The van der Waals surface area contributed by atoms with E-state index in [1.807, 2.05) is 35.3 Å². The van der Waals surface area contributed by atoms with E-state index in [2.05, 4.69) is 47.2 Å². The number of aromatic nitrogens is 3. The Morgan fingerprint density at radius 3 is 2.70 bits per heavy atom. The van der Waals surface area contributed by atoms with Crippen molar-refractivity contribution in [1.82, 2.24) is 14.4 Å². The molecule has 0 unspecified atom stereocenters. The van der Waals surface area contributed by atoms with Gasteiger partial charge in [0.1, 0.15) is 5.65 Å². The fraction of sp³-hybridized carbons (Fsp3) is 0.0588. The summed E-state index contributed by atoms with van der Waals surface area (Å²) in [6.07, 6.45) is 7.74. The van der Waals surface area contributed by atoms with Crippen molar-refractivity contribution in [3.05, 3.63) is 66.7 Å². The van der Waals surface area contributed by atoms with Crippen LogP contribution in [0.1, 0.15) is 5.56 Å². The summed E-state index contributed by atoms with van der Waals surface area (Å²) in [5, 5.41) is 2.37. The largest absolute Gasteiger partial charge is 0.307 e. The molecule has 0 bridgehead atoms. The van der Waals surface area contributed by atoms with E-state index in [9.17, 15) is 0 Å². The van der Waals surface area contributed by atoms with Crippen molar-refractivity contribution in [2.24, 2.45) is 0 Å². The minimum atomic E-state index is 0.984. The van der Waals surface area contributed by atoms with Gasteiger partial charge in [0.2, 0.25) is 0 Å². The van der Waals surface area contributed by atoms with Crippen molar-refractivity contribution < 1.29 is 0 Å². The van der Waals surface area contributed by atoms with Crippen LogP contribution in [0.4, 0.5) is 0 Å². The molecule has 0 N–H and O–H groups in total. The number of imidazole rings is 1. The topological polar surface area (TPSA) is 30.2 Å². The molecule has 4 aromatic rings. The van der Waals surface area contributed by atoms with Crippen LogP contribution in [0.3, 0.4) is 0 Å². The molecule has 0 aliphatic carbocycles. The molecule has 0 radical (unpaired) electrons. The summed E-state index contributed by atoms with van der Waals surface area (Å²) in [7, 11) is 0. The third kappa shape index (κ3) is 1.60. The van der Waals surface area contributed by atoms with E-state index in [0.717, 1.165) is 27.9 Å². The quantitative estimate of drug-likeness (QED) is 0.519. The predicted molar refractivity (Wildman–Crippen MR) is 80.7 cm³/mol. The number of fused-ring (bicyclic) bond motifs is 2. The average Bonchev–Trinajstić information content (AvgIpc) is 2.97. The third-order valence-electron chi connectivity index (χ3n) is 3.72. The Morgan fingerprint density at radius 1 is 0.950 bits per heavy atom. The van der Waals surface area contributed by atoms with E-state index in [1.54, 1.807) is 0 Å². The molecule has 0 fully saturated rings. The second-order valence-corrected chi connectivity index (χ2v) is 4.93. The maximum absolute atomic E-state index is 4.59. The first-order valence-corrected chi connectivity index (χ1v) is 6.60. The van der Waals surface area contributed by atoms with E-state index in [-0.39, 0.29) is 0 Å². The lowest BCUT2D eigenvalue weighted by Crippen LogP contribution is -1.93. The number of pyridine rings is 2. The van der Waals surface area contributed by atoms with Crippen LogP contribution in [0.5, 0.6) is 0 Å². The van der Waals surface area contributed by atoms with Gasteiger partial charge >= 0.3 is 0 Å². The van der Waals surface area contributed by atoms with Crippen molar-refractivity contribution in [3.8, 4) is 11.3 Å². The van der Waals surface area contributed by atoms with Crippen molar-refractivity contribution in [1.29, 1.82) is 0 Å². The minimum absolute atomic E-state index is 0.984. The Hall–Kier alpha value is -2.68. The standard InChI is InChI=1S/C17H13N3/c1-12-15(6-8-20-9-7-18-17(12)20)16-10-13-4-2-3-5-14(13)11-19-16/h2-11H,1H3. The van der Waals surface area contributed by atoms with E-state index in [1.165, 1.54) is 5.39 Å². The zero-order valence-corrected chi connectivity index (χ0v) is 11.1. The zero-order valence-electron chi connectivity index (χ0n) is 11.1. The summed E-state index contributed by atoms with van der Waals surface area (Å²) in [4.78, 5) is 8.99. The maximum Gasteiger partial charge on any atom is 0.140 e. The number of aryl methyl sites for hydroxylation is 1. The second kappa shape index (κ2) is 4.17. The summed E-state index contributed by atoms with van der Waals surface area (Å²) in [6.45, 7) is 2.09. The minimum Gasteiger partial charge on any atom is -0.307 e. The molecule has 20 heavy (non-hydrogen) atoms. The lowest BCUT2D eigenvalue weighted by atomic mass is 10.0. The van der Waals surface area contributed by atoms with Crippen LogP contribution in [-0.2, 0) is 0 Å². The molecule has 3 aromatic heterocycles. The average molecular weight is 259 g/mol.